The van der Waals surface area contributed by atoms with Crippen molar-refractivity contribution in [1.82, 2.24) is 20.5 Å². The van der Waals surface area contributed by atoms with Crippen LogP contribution in [0.4, 0.5) is 4.39 Å². The number of ether oxygens (including phenoxy) is 1. The number of nitrogens with zero attached hydrogens (tertiary/aromatic N) is 2. The fourth-order valence-electron chi connectivity index (χ4n) is 3.84. The zero-order valence-electron chi connectivity index (χ0n) is 18.9. The quantitative estimate of drug-likeness (QED) is 0.322. The molecule has 2 atom stereocenters. The number of pyridine rings is 1. The number of hydrogen-bond donors (Lipinski definition) is 3. The van der Waals surface area contributed by atoms with Crippen molar-refractivity contribution < 1.29 is 19.0 Å². The van der Waals surface area contributed by atoms with Crippen molar-refractivity contribution in [1.29, 1.82) is 0 Å². The number of benzene rings is 2. The molecule has 0 unspecified atom stereocenters. The van der Waals surface area contributed by atoms with Gasteiger partial charge in [-0.1, -0.05) is 23.7 Å². The first kappa shape index (κ1) is 24.5. The van der Waals surface area contributed by atoms with E-state index in [2.05, 4.69) is 20.5 Å². The molecule has 4 rings (SSSR count). The lowest BCUT2D eigenvalue weighted by atomic mass is 10.0. The second kappa shape index (κ2) is 11.2. The van der Waals surface area contributed by atoms with Crippen LogP contribution in [0.3, 0.4) is 0 Å². The molecule has 0 saturated heterocycles. The minimum Gasteiger partial charge on any atom is -0.394 e. The number of hydrogen-bond acceptors (Lipinski definition) is 5. The molecule has 0 fully saturated rings. The van der Waals surface area contributed by atoms with E-state index in [0.717, 1.165) is 5.69 Å². The molecule has 0 saturated carbocycles. The van der Waals surface area contributed by atoms with Crippen molar-refractivity contribution >= 4 is 17.5 Å². The Morgan fingerprint density at radius 2 is 1.97 bits per heavy atom. The molecule has 2 aromatic heterocycles. The van der Waals surface area contributed by atoms with Gasteiger partial charge in [-0.15, -0.1) is 0 Å². The first-order valence-electron chi connectivity index (χ1n) is 10.9. The molecule has 0 aliphatic rings. The highest BCUT2D eigenvalue weighted by Crippen LogP contribution is 2.32. The molecule has 2 heterocycles. The molecule has 2 aromatic carbocycles. The summed E-state index contributed by atoms with van der Waals surface area (Å²) in [5.74, 6) is -0.732. The van der Waals surface area contributed by atoms with Gasteiger partial charge in [0.25, 0.3) is 5.91 Å². The maximum Gasteiger partial charge on any atom is 0.252 e. The summed E-state index contributed by atoms with van der Waals surface area (Å²) >= 11 is 6.52. The summed E-state index contributed by atoms with van der Waals surface area (Å²) in [6.07, 6.45) is 1.39. The van der Waals surface area contributed by atoms with E-state index in [9.17, 15) is 14.3 Å². The van der Waals surface area contributed by atoms with Crippen molar-refractivity contribution in [3.63, 3.8) is 0 Å². The predicted octanol–water partition coefficient (Wildman–Crippen LogP) is 4.28. The molecule has 0 aliphatic heterocycles. The molecule has 0 aliphatic carbocycles. The first-order valence-corrected chi connectivity index (χ1v) is 11.3. The fourth-order valence-corrected chi connectivity index (χ4v) is 4.11. The number of aromatic nitrogens is 3. The topological polar surface area (TPSA) is 100 Å². The minimum absolute atomic E-state index is 0.280. The van der Waals surface area contributed by atoms with Crippen LogP contribution in [0.2, 0.25) is 5.02 Å². The van der Waals surface area contributed by atoms with Crippen LogP contribution in [0, 0.1) is 5.82 Å². The lowest BCUT2D eigenvalue weighted by molar-refractivity contribution is 0.0214. The summed E-state index contributed by atoms with van der Waals surface area (Å²) in [6.45, 7) is -0.280. The molecular formula is C26H24ClFN4O3. The highest BCUT2D eigenvalue weighted by molar-refractivity contribution is 6.34. The maximum atomic E-state index is 13.4. The molecule has 0 radical (unpaired) electrons. The smallest absolute Gasteiger partial charge is 0.252 e. The Morgan fingerprint density at radius 1 is 1.17 bits per heavy atom. The van der Waals surface area contributed by atoms with Crippen molar-refractivity contribution in [3.05, 3.63) is 95.0 Å². The summed E-state index contributed by atoms with van der Waals surface area (Å²) in [7, 11) is 1.48. The van der Waals surface area contributed by atoms with Gasteiger partial charge in [-0.3, -0.25) is 14.9 Å². The van der Waals surface area contributed by atoms with Crippen LogP contribution >= 0.6 is 11.6 Å². The number of amides is 1. The Balaban J connectivity index is 1.64. The van der Waals surface area contributed by atoms with Crippen LogP contribution in [0.1, 0.15) is 16.1 Å². The van der Waals surface area contributed by atoms with Gasteiger partial charge in [-0.2, -0.15) is 5.10 Å². The second-order valence-corrected chi connectivity index (χ2v) is 8.31. The van der Waals surface area contributed by atoms with Crippen LogP contribution in [0.5, 0.6) is 0 Å². The summed E-state index contributed by atoms with van der Waals surface area (Å²) in [4.78, 5) is 17.8. The van der Waals surface area contributed by atoms with Gasteiger partial charge in [0, 0.05) is 36.5 Å². The molecular weight excluding hydrogens is 471 g/mol. The average Bonchev–Trinajstić information content (AvgIpc) is 3.35. The van der Waals surface area contributed by atoms with Crippen molar-refractivity contribution in [2.24, 2.45) is 0 Å². The molecule has 9 heteroatoms. The van der Waals surface area contributed by atoms with E-state index >= 15 is 0 Å². The SMILES string of the molecule is CO[C@H](CO)[C@@H](Cc1ccccn1)NC(=O)c1cccc(Cl)c1-c1cc(-c2ccc(F)cc2)n[nH]1. The predicted molar refractivity (Wildman–Crippen MR) is 132 cm³/mol. The maximum absolute atomic E-state index is 13.4. The van der Waals surface area contributed by atoms with Crippen molar-refractivity contribution in [2.45, 2.75) is 18.6 Å². The van der Waals surface area contributed by atoms with Gasteiger partial charge < -0.3 is 15.2 Å². The largest absolute Gasteiger partial charge is 0.394 e. The fraction of sp³-hybridized carbons (Fsp3) is 0.192. The third-order valence-corrected chi connectivity index (χ3v) is 5.96. The second-order valence-electron chi connectivity index (χ2n) is 7.90. The van der Waals surface area contributed by atoms with Crippen LogP contribution in [0.25, 0.3) is 22.5 Å². The van der Waals surface area contributed by atoms with Gasteiger partial charge in [0.1, 0.15) is 11.9 Å². The van der Waals surface area contributed by atoms with Crippen LogP contribution in [0.15, 0.2) is 72.9 Å². The number of aliphatic hydroxyl groups excluding tert-OH is 1. The zero-order chi connectivity index (χ0) is 24.8. The summed E-state index contributed by atoms with van der Waals surface area (Å²) in [5, 5.41) is 20.4. The molecule has 7 nitrogen and oxygen atoms in total. The van der Waals surface area contributed by atoms with Gasteiger partial charge in [0.2, 0.25) is 0 Å². The number of H-pyrrole nitrogens is 1. The normalized spacial score (nSPS) is 12.8. The highest BCUT2D eigenvalue weighted by atomic mass is 35.5. The third kappa shape index (κ3) is 5.74. The van der Waals surface area contributed by atoms with Crippen molar-refractivity contribution in [3.8, 4) is 22.5 Å². The number of halogens is 2. The van der Waals surface area contributed by atoms with Gasteiger partial charge in [0.15, 0.2) is 0 Å². The minimum atomic E-state index is -0.638. The van der Waals surface area contributed by atoms with Crippen LogP contribution in [-0.2, 0) is 11.2 Å². The summed E-state index contributed by atoms with van der Waals surface area (Å²) in [5.41, 5.74) is 3.38. The monoisotopic (exact) mass is 494 g/mol. The lowest BCUT2D eigenvalue weighted by Gasteiger charge is -2.26. The summed E-state index contributed by atoms with van der Waals surface area (Å²) in [6, 6.07) is 17.7. The molecule has 3 N–H and O–H groups in total. The molecule has 180 valence electrons. The van der Waals surface area contributed by atoms with Gasteiger partial charge >= 0.3 is 0 Å². The van der Waals surface area contributed by atoms with Gasteiger partial charge in [0.05, 0.1) is 34.6 Å². The number of nitrogens with one attached hydrogen (secondary N) is 2. The Hall–Kier alpha value is -3.59. The van der Waals surface area contributed by atoms with E-state index in [1.165, 1.54) is 19.2 Å². The van der Waals surface area contributed by atoms with Gasteiger partial charge in [-0.05, 0) is 54.6 Å². The zero-order valence-corrected chi connectivity index (χ0v) is 19.7. The number of carbonyl (C=O) groups is 1. The van der Waals surface area contributed by atoms with E-state index in [4.69, 9.17) is 16.3 Å². The molecule has 0 bridgehead atoms. The Bertz CT molecular complexity index is 1280. The Labute approximate surface area is 206 Å². The molecule has 0 spiro atoms. The van der Waals surface area contributed by atoms with E-state index < -0.39 is 18.1 Å². The summed E-state index contributed by atoms with van der Waals surface area (Å²) < 4.78 is 18.7. The first-order chi connectivity index (χ1) is 17.0. The Morgan fingerprint density at radius 3 is 2.66 bits per heavy atom. The third-order valence-electron chi connectivity index (χ3n) is 5.65. The van der Waals surface area contributed by atoms with E-state index in [-0.39, 0.29) is 12.4 Å². The number of methoxy groups -OCH3 is 1. The van der Waals surface area contributed by atoms with Crippen LogP contribution < -0.4 is 5.32 Å². The Kier molecular flexibility index (Phi) is 7.87. The van der Waals surface area contributed by atoms with Crippen LogP contribution in [-0.4, -0.2) is 52.1 Å². The number of aliphatic hydroxyl groups is 1. The average molecular weight is 495 g/mol. The van der Waals surface area contributed by atoms with E-state index in [1.807, 2.05) is 12.1 Å². The number of aromatic amines is 1. The molecule has 1 amide bonds. The lowest BCUT2D eigenvalue weighted by Crippen LogP contribution is -2.47. The van der Waals surface area contributed by atoms with Gasteiger partial charge in [-0.25, -0.2) is 4.39 Å². The highest BCUT2D eigenvalue weighted by Gasteiger charge is 2.26. The number of carbonyl (C=O) groups excluding carboxylic acids is 1. The molecule has 35 heavy (non-hydrogen) atoms. The van der Waals surface area contributed by atoms with Crippen molar-refractivity contribution in [2.75, 3.05) is 13.7 Å². The van der Waals surface area contributed by atoms with E-state index in [0.29, 0.717) is 39.5 Å². The number of rotatable bonds is 9. The standard InChI is InChI=1S/C26H24ClFN4O3/c1-35-24(15-33)22(13-18-5-2-3-12-29-18)30-26(34)19-6-4-7-20(27)25(19)23-14-21(31-32-23)16-8-10-17(28)11-9-16/h2-12,14,22,24,33H,13,15H2,1H3,(H,30,34)(H,31,32)/t22-,24-/m1/s1. The molecule has 4 aromatic rings. The van der Waals surface area contributed by atoms with E-state index in [1.54, 1.807) is 48.7 Å².